The third kappa shape index (κ3) is 3.26. The predicted molar refractivity (Wildman–Crippen MR) is 78.5 cm³/mol. The van der Waals surface area contributed by atoms with Crippen molar-refractivity contribution in [2.24, 2.45) is 0 Å². The molecule has 1 unspecified atom stereocenters. The summed E-state index contributed by atoms with van der Waals surface area (Å²) in [6.45, 7) is 7.68. The Labute approximate surface area is 117 Å². The third-order valence-electron chi connectivity index (χ3n) is 3.38. The van der Waals surface area contributed by atoms with Gasteiger partial charge < -0.3 is 5.11 Å². The zero-order valence-electron chi connectivity index (χ0n) is 11.9. The summed E-state index contributed by atoms with van der Waals surface area (Å²) in [5, 5.41) is 9.64. The average molecular weight is 276 g/mol. The number of hydrogen-bond acceptors (Lipinski definition) is 2. The smallest absolute Gasteiger partial charge is 0.120 e. The van der Waals surface area contributed by atoms with Crippen LogP contribution in [0, 0.1) is 11.8 Å². The van der Waals surface area contributed by atoms with Gasteiger partial charge in [0.05, 0.1) is 10.8 Å². The topological polar surface area (TPSA) is 37.3 Å². The van der Waals surface area contributed by atoms with Gasteiger partial charge in [0.2, 0.25) is 0 Å². The van der Waals surface area contributed by atoms with Gasteiger partial charge in [-0.15, -0.1) is 0 Å². The molecule has 1 atom stereocenters. The fraction of sp³-hybridized carbons (Fsp3) is 0.500. The standard InChI is InChI=1S/C16H20O2S/c1-15(2)9-10-19(18)14-6-5-12(11-13(14)15)7-8-16(3,4)17/h5-6,11,17H,9-10H2,1-4H3. The SMILES string of the molecule is CC(C)(O)C#Cc1ccc2c(c1)C(C)(C)CCS2=O. The Morgan fingerprint density at radius 1 is 1.37 bits per heavy atom. The molecule has 0 saturated heterocycles. The second-order valence-corrected chi connectivity index (χ2v) is 7.74. The summed E-state index contributed by atoms with van der Waals surface area (Å²) in [5.74, 6) is 6.53. The van der Waals surface area contributed by atoms with Crippen molar-refractivity contribution in [1.29, 1.82) is 0 Å². The highest BCUT2D eigenvalue weighted by atomic mass is 32.2. The molecule has 0 saturated carbocycles. The Kier molecular flexibility index (Phi) is 3.59. The Morgan fingerprint density at radius 3 is 2.68 bits per heavy atom. The molecule has 0 bridgehead atoms. The first-order valence-corrected chi connectivity index (χ1v) is 7.79. The van der Waals surface area contributed by atoms with Crippen LogP contribution < -0.4 is 0 Å². The van der Waals surface area contributed by atoms with Crippen LogP contribution in [0.5, 0.6) is 0 Å². The van der Waals surface area contributed by atoms with Crippen LogP contribution in [-0.2, 0) is 16.2 Å². The lowest BCUT2D eigenvalue weighted by Gasteiger charge is -2.31. The van der Waals surface area contributed by atoms with Crippen LogP contribution in [-0.4, -0.2) is 20.7 Å². The molecule has 0 fully saturated rings. The van der Waals surface area contributed by atoms with Crippen molar-refractivity contribution in [3.8, 4) is 11.8 Å². The second-order valence-electron chi connectivity index (χ2n) is 6.20. The number of hydrogen-bond donors (Lipinski definition) is 1. The lowest BCUT2D eigenvalue weighted by Crippen LogP contribution is -2.27. The third-order valence-corrected chi connectivity index (χ3v) is 4.80. The van der Waals surface area contributed by atoms with Gasteiger partial charge in [0.15, 0.2) is 0 Å². The van der Waals surface area contributed by atoms with Gasteiger partial charge in [0, 0.05) is 16.2 Å². The van der Waals surface area contributed by atoms with E-state index in [0.717, 1.165) is 28.2 Å². The van der Waals surface area contributed by atoms with Gasteiger partial charge >= 0.3 is 0 Å². The highest BCUT2D eigenvalue weighted by Crippen LogP contribution is 2.37. The number of aliphatic hydroxyl groups is 1. The monoisotopic (exact) mass is 276 g/mol. The molecule has 2 rings (SSSR count). The van der Waals surface area contributed by atoms with Gasteiger partial charge in [0.1, 0.15) is 5.60 Å². The van der Waals surface area contributed by atoms with Crippen LogP contribution in [0.15, 0.2) is 23.1 Å². The maximum atomic E-state index is 12.0. The van der Waals surface area contributed by atoms with Gasteiger partial charge in [-0.1, -0.05) is 25.7 Å². The Hall–Kier alpha value is -1.11. The average Bonchev–Trinajstić information content (AvgIpc) is 2.31. The number of fused-ring (bicyclic) bond motifs is 1. The van der Waals surface area contributed by atoms with Gasteiger partial charge in [-0.25, -0.2) is 0 Å². The summed E-state index contributed by atoms with van der Waals surface area (Å²) in [7, 11) is -0.889. The van der Waals surface area contributed by atoms with Crippen molar-refractivity contribution in [1.82, 2.24) is 0 Å². The normalized spacial score (nSPS) is 21.2. The molecule has 1 aromatic rings. The first kappa shape index (κ1) is 14.3. The van der Waals surface area contributed by atoms with Gasteiger partial charge in [0.25, 0.3) is 0 Å². The van der Waals surface area contributed by atoms with E-state index >= 15 is 0 Å². The van der Waals surface area contributed by atoms with E-state index in [4.69, 9.17) is 0 Å². The van der Waals surface area contributed by atoms with Crippen LogP contribution in [0.2, 0.25) is 0 Å². The molecule has 19 heavy (non-hydrogen) atoms. The zero-order chi connectivity index (χ0) is 14.3. The van der Waals surface area contributed by atoms with E-state index in [1.807, 2.05) is 18.2 Å². The van der Waals surface area contributed by atoms with Crippen LogP contribution in [0.25, 0.3) is 0 Å². The minimum absolute atomic E-state index is 0.0374. The van der Waals surface area contributed by atoms with E-state index in [0.29, 0.717) is 0 Å². The van der Waals surface area contributed by atoms with Gasteiger partial charge in [-0.3, -0.25) is 4.21 Å². The summed E-state index contributed by atoms with van der Waals surface area (Å²) >= 11 is 0. The van der Waals surface area contributed by atoms with Crippen LogP contribution in [0.1, 0.15) is 45.2 Å². The Bertz CT molecular complexity index is 583. The van der Waals surface area contributed by atoms with E-state index in [1.165, 1.54) is 0 Å². The summed E-state index contributed by atoms with van der Waals surface area (Å²) in [6.07, 6.45) is 0.926. The number of benzene rings is 1. The molecule has 1 aromatic carbocycles. The highest BCUT2D eigenvalue weighted by Gasteiger charge is 2.31. The lowest BCUT2D eigenvalue weighted by molar-refractivity contribution is 0.143. The zero-order valence-corrected chi connectivity index (χ0v) is 12.7. The summed E-state index contributed by atoms with van der Waals surface area (Å²) in [4.78, 5) is 0.935. The molecule has 0 radical (unpaired) electrons. The van der Waals surface area contributed by atoms with Crippen molar-refractivity contribution in [2.45, 2.75) is 50.0 Å². The minimum Gasteiger partial charge on any atom is -0.378 e. The molecule has 102 valence electrons. The van der Waals surface area contributed by atoms with Gasteiger partial charge in [-0.05, 0) is 49.4 Å². The summed E-state index contributed by atoms with van der Waals surface area (Å²) in [5.41, 5.74) is 1.04. The van der Waals surface area contributed by atoms with E-state index in [1.54, 1.807) is 13.8 Å². The fourth-order valence-electron chi connectivity index (χ4n) is 2.15. The van der Waals surface area contributed by atoms with E-state index in [9.17, 15) is 9.32 Å². The van der Waals surface area contributed by atoms with Gasteiger partial charge in [-0.2, -0.15) is 0 Å². The van der Waals surface area contributed by atoms with Crippen LogP contribution in [0.4, 0.5) is 0 Å². The van der Waals surface area contributed by atoms with Crippen molar-refractivity contribution in [3.63, 3.8) is 0 Å². The molecule has 1 heterocycles. The van der Waals surface area contributed by atoms with Crippen molar-refractivity contribution >= 4 is 10.8 Å². The molecular formula is C16H20O2S. The Balaban J connectivity index is 2.47. The van der Waals surface area contributed by atoms with E-state index in [2.05, 4.69) is 25.7 Å². The maximum absolute atomic E-state index is 12.0. The number of rotatable bonds is 0. The Morgan fingerprint density at radius 2 is 2.05 bits per heavy atom. The molecule has 0 aliphatic carbocycles. The minimum atomic E-state index is -0.992. The summed E-state index contributed by atoms with van der Waals surface area (Å²) in [6, 6.07) is 5.82. The summed E-state index contributed by atoms with van der Waals surface area (Å²) < 4.78 is 12.0. The van der Waals surface area contributed by atoms with Crippen LogP contribution in [0.3, 0.4) is 0 Å². The van der Waals surface area contributed by atoms with E-state index in [-0.39, 0.29) is 5.41 Å². The van der Waals surface area contributed by atoms with E-state index < -0.39 is 16.4 Å². The molecule has 1 N–H and O–H groups in total. The molecule has 3 heteroatoms. The molecule has 0 aromatic heterocycles. The molecule has 1 aliphatic rings. The predicted octanol–water partition coefficient (Wildman–Crippen LogP) is 2.60. The molecule has 2 nitrogen and oxygen atoms in total. The first-order valence-electron chi connectivity index (χ1n) is 6.47. The van der Waals surface area contributed by atoms with Crippen molar-refractivity contribution in [3.05, 3.63) is 29.3 Å². The molecule has 1 aliphatic heterocycles. The maximum Gasteiger partial charge on any atom is 0.120 e. The molecule has 0 amide bonds. The highest BCUT2D eigenvalue weighted by molar-refractivity contribution is 7.85. The molecule has 0 spiro atoms. The lowest BCUT2D eigenvalue weighted by atomic mass is 9.81. The van der Waals surface area contributed by atoms with Crippen LogP contribution >= 0.6 is 0 Å². The quantitative estimate of drug-likeness (QED) is 0.740. The second kappa shape index (κ2) is 4.77. The van der Waals surface area contributed by atoms with Crippen molar-refractivity contribution in [2.75, 3.05) is 5.75 Å². The van der Waals surface area contributed by atoms with Crippen molar-refractivity contribution < 1.29 is 9.32 Å². The largest absolute Gasteiger partial charge is 0.378 e. The molecular weight excluding hydrogens is 256 g/mol. The first-order chi connectivity index (χ1) is 8.69. The fourth-order valence-corrected chi connectivity index (χ4v) is 3.87.